The van der Waals surface area contributed by atoms with Gasteiger partial charge in [0.2, 0.25) is 5.82 Å². The molecule has 134 valence electrons. The Morgan fingerprint density at radius 2 is 1.31 bits per heavy atom. The maximum Gasteiger partial charge on any atom is 0.312 e. The van der Waals surface area contributed by atoms with E-state index in [-0.39, 0.29) is 4.47 Å². The predicted molar refractivity (Wildman–Crippen MR) is 88.3 cm³/mol. The molecule has 0 aliphatic heterocycles. The average Bonchev–Trinajstić information content (AvgIpc) is 2.55. The minimum absolute atomic E-state index is 0.224. The number of rotatable bonds is 6. The zero-order valence-corrected chi connectivity index (χ0v) is 13.8. The van der Waals surface area contributed by atoms with E-state index >= 15 is 0 Å². The highest BCUT2D eigenvalue weighted by atomic mass is 79.9. The summed E-state index contributed by atoms with van der Waals surface area (Å²) in [6.07, 6.45) is 1.12. The number of hydrogen-bond donors (Lipinski definition) is 1. The molecule has 0 saturated heterocycles. The van der Waals surface area contributed by atoms with Gasteiger partial charge in [0.25, 0.3) is 5.69 Å². The molecule has 2 rings (SSSR count). The van der Waals surface area contributed by atoms with Crippen molar-refractivity contribution in [2.75, 3.05) is 5.32 Å². The Balaban J connectivity index is 2.73. The molecule has 1 heterocycles. The molecule has 0 radical (unpaired) electrons. The lowest BCUT2D eigenvalue weighted by Crippen LogP contribution is -2.06. The fourth-order valence-corrected chi connectivity index (χ4v) is 2.22. The molecule has 26 heavy (non-hydrogen) atoms. The number of anilines is 2. The van der Waals surface area contributed by atoms with Gasteiger partial charge in [-0.05, 0) is 15.9 Å². The van der Waals surface area contributed by atoms with Crippen molar-refractivity contribution < 1.29 is 19.7 Å². The summed E-state index contributed by atoms with van der Waals surface area (Å²) in [6.45, 7) is 0. The number of pyridine rings is 1. The van der Waals surface area contributed by atoms with Crippen LogP contribution in [0.2, 0.25) is 0 Å². The van der Waals surface area contributed by atoms with Gasteiger partial charge in [-0.15, -0.1) is 0 Å². The lowest BCUT2D eigenvalue weighted by Gasteiger charge is -2.08. The Labute approximate surface area is 150 Å². The number of nitrogens with zero attached hydrogens (tertiary/aromatic N) is 5. The number of benzene rings is 1. The lowest BCUT2D eigenvalue weighted by atomic mass is 10.2. The van der Waals surface area contributed by atoms with E-state index in [4.69, 9.17) is 0 Å². The summed E-state index contributed by atoms with van der Waals surface area (Å²) >= 11 is 2.96. The smallest absolute Gasteiger partial charge is 0.312 e. The molecule has 1 aromatic heterocycles. The summed E-state index contributed by atoms with van der Waals surface area (Å²) in [5, 5.41) is 46.5. The van der Waals surface area contributed by atoms with E-state index in [2.05, 4.69) is 26.2 Å². The van der Waals surface area contributed by atoms with Gasteiger partial charge in [-0.2, -0.15) is 0 Å². The van der Waals surface area contributed by atoms with Crippen LogP contribution in [0.15, 0.2) is 28.9 Å². The molecule has 0 aliphatic carbocycles. The van der Waals surface area contributed by atoms with Crippen LogP contribution in [0.25, 0.3) is 0 Å². The van der Waals surface area contributed by atoms with Gasteiger partial charge in [-0.3, -0.25) is 40.5 Å². The predicted octanol–water partition coefficient (Wildman–Crippen LogP) is 3.22. The Hall–Kier alpha value is -3.75. The second-order valence-electron chi connectivity index (χ2n) is 4.53. The molecule has 1 N–H and O–H groups in total. The maximum absolute atomic E-state index is 11.2. The van der Waals surface area contributed by atoms with E-state index in [1.165, 1.54) is 0 Å². The van der Waals surface area contributed by atoms with Gasteiger partial charge in [0.15, 0.2) is 5.69 Å². The van der Waals surface area contributed by atoms with Crippen LogP contribution in [0.1, 0.15) is 0 Å². The fourth-order valence-electron chi connectivity index (χ4n) is 1.90. The van der Waals surface area contributed by atoms with Crippen LogP contribution >= 0.6 is 15.9 Å². The molecule has 0 bridgehead atoms. The van der Waals surface area contributed by atoms with Crippen LogP contribution in [0.5, 0.6) is 0 Å². The molecule has 0 aliphatic rings. The lowest BCUT2D eigenvalue weighted by molar-refractivity contribution is -0.401. The standard InChI is InChI=1S/C11H5BrN6O8/c12-5-1-9(18(25)26)11(13-4-5)14-10-7(16(21)22)2-6(15(19)20)3-8(10)17(23)24/h1-4H,(H,13,14). The Bertz CT molecular complexity index is 929. The third kappa shape index (κ3) is 3.66. The number of nitrogens with one attached hydrogen (secondary N) is 1. The van der Waals surface area contributed by atoms with E-state index in [0.29, 0.717) is 12.1 Å². The van der Waals surface area contributed by atoms with Gasteiger partial charge in [-0.1, -0.05) is 0 Å². The number of nitro groups is 4. The first-order valence-corrected chi connectivity index (χ1v) is 7.09. The third-order valence-electron chi connectivity index (χ3n) is 2.96. The zero-order valence-electron chi connectivity index (χ0n) is 12.2. The molecule has 2 aromatic rings. The third-order valence-corrected chi connectivity index (χ3v) is 3.39. The Morgan fingerprint density at radius 3 is 1.73 bits per heavy atom. The Kier molecular flexibility index (Phi) is 5.01. The number of halogens is 1. The SMILES string of the molecule is O=[N+]([O-])c1cc([N+](=O)[O-])c(Nc2ncc(Br)cc2[N+](=O)[O-])c([N+](=O)[O-])c1. The minimum atomic E-state index is -1.09. The second-order valence-corrected chi connectivity index (χ2v) is 5.45. The Morgan fingerprint density at radius 1 is 0.808 bits per heavy atom. The molecular formula is C11H5BrN6O8. The number of nitro benzene ring substituents is 3. The number of aromatic nitrogens is 1. The van der Waals surface area contributed by atoms with E-state index in [1.54, 1.807) is 0 Å². The first-order chi connectivity index (χ1) is 12.1. The van der Waals surface area contributed by atoms with Crippen molar-refractivity contribution in [3.8, 4) is 0 Å². The molecular weight excluding hydrogens is 424 g/mol. The van der Waals surface area contributed by atoms with Crippen LogP contribution in [-0.4, -0.2) is 24.7 Å². The number of non-ortho nitro benzene ring substituents is 1. The van der Waals surface area contributed by atoms with Crippen molar-refractivity contribution in [1.29, 1.82) is 0 Å². The molecule has 0 fully saturated rings. The minimum Gasteiger partial charge on any atom is -0.323 e. The van der Waals surface area contributed by atoms with E-state index < -0.39 is 53.9 Å². The average molecular weight is 429 g/mol. The first kappa shape index (κ1) is 18.6. The van der Waals surface area contributed by atoms with Crippen molar-refractivity contribution in [2.24, 2.45) is 0 Å². The molecule has 0 saturated carbocycles. The molecule has 0 atom stereocenters. The molecule has 14 nitrogen and oxygen atoms in total. The summed E-state index contributed by atoms with van der Waals surface area (Å²) < 4.78 is 0.224. The van der Waals surface area contributed by atoms with Crippen LogP contribution < -0.4 is 5.32 Å². The summed E-state index contributed by atoms with van der Waals surface area (Å²) in [5.41, 5.74) is -4.30. The van der Waals surface area contributed by atoms with Crippen LogP contribution in [-0.2, 0) is 0 Å². The van der Waals surface area contributed by atoms with Gasteiger partial charge >= 0.3 is 17.1 Å². The molecule has 15 heteroatoms. The van der Waals surface area contributed by atoms with Gasteiger partial charge in [0.05, 0.1) is 31.8 Å². The molecule has 0 unspecified atom stereocenters. The highest BCUT2D eigenvalue weighted by Crippen LogP contribution is 2.41. The highest BCUT2D eigenvalue weighted by Gasteiger charge is 2.32. The normalized spacial score (nSPS) is 10.2. The van der Waals surface area contributed by atoms with Crippen molar-refractivity contribution in [3.63, 3.8) is 0 Å². The van der Waals surface area contributed by atoms with Gasteiger partial charge in [0.1, 0.15) is 0 Å². The van der Waals surface area contributed by atoms with Crippen molar-refractivity contribution in [1.82, 2.24) is 4.98 Å². The van der Waals surface area contributed by atoms with Crippen molar-refractivity contribution >= 4 is 50.2 Å². The summed E-state index contributed by atoms with van der Waals surface area (Å²) in [7, 11) is 0. The summed E-state index contributed by atoms with van der Waals surface area (Å²) in [4.78, 5) is 43.9. The molecule has 0 spiro atoms. The molecule has 1 aromatic carbocycles. The van der Waals surface area contributed by atoms with E-state index in [9.17, 15) is 40.5 Å². The maximum atomic E-state index is 11.2. The highest BCUT2D eigenvalue weighted by molar-refractivity contribution is 9.10. The zero-order chi connectivity index (χ0) is 19.6. The molecule has 0 amide bonds. The fraction of sp³-hybridized carbons (Fsp3) is 0. The van der Waals surface area contributed by atoms with Gasteiger partial charge in [0, 0.05) is 16.7 Å². The van der Waals surface area contributed by atoms with Crippen LogP contribution in [0, 0.1) is 40.5 Å². The first-order valence-electron chi connectivity index (χ1n) is 6.30. The topological polar surface area (TPSA) is 197 Å². The van der Waals surface area contributed by atoms with Crippen molar-refractivity contribution in [2.45, 2.75) is 0 Å². The largest absolute Gasteiger partial charge is 0.323 e. The van der Waals surface area contributed by atoms with E-state index in [1.807, 2.05) is 0 Å². The van der Waals surface area contributed by atoms with Gasteiger partial charge < -0.3 is 5.32 Å². The monoisotopic (exact) mass is 428 g/mol. The number of hydrogen-bond acceptors (Lipinski definition) is 10. The summed E-state index contributed by atoms with van der Waals surface area (Å²) in [6, 6.07) is 2.03. The quantitative estimate of drug-likeness (QED) is 0.525. The second kappa shape index (κ2) is 7.01. The van der Waals surface area contributed by atoms with Crippen LogP contribution in [0.3, 0.4) is 0 Å². The van der Waals surface area contributed by atoms with Gasteiger partial charge in [-0.25, -0.2) is 4.98 Å². The van der Waals surface area contributed by atoms with E-state index in [0.717, 1.165) is 12.3 Å². The van der Waals surface area contributed by atoms with Crippen molar-refractivity contribution in [3.05, 3.63) is 69.3 Å². The van der Waals surface area contributed by atoms with Crippen LogP contribution in [0.4, 0.5) is 34.3 Å². The summed E-state index contributed by atoms with van der Waals surface area (Å²) in [5.74, 6) is -0.516.